The molecule has 1 aliphatic heterocycles. The molecule has 4 heteroatoms. The van der Waals surface area contributed by atoms with Crippen molar-refractivity contribution in [2.75, 3.05) is 6.54 Å². The van der Waals surface area contributed by atoms with E-state index in [1.54, 1.807) is 0 Å². The first-order valence-corrected chi connectivity index (χ1v) is 10.5. The number of carbonyl (C=O) groups is 1. The Labute approximate surface area is 180 Å². The minimum Gasteiger partial charge on any atom is -0.334 e. The van der Waals surface area contributed by atoms with Crippen molar-refractivity contribution >= 4 is 28.4 Å². The van der Waals surface area contributed by atoms with Crippen molar-refractivity contribution in [3.05, 3.63) is 100 Å². The lowest BCUT2D eigenvalue weighted by molar-refractivity contribution is 0.0736. The van der Waals surface area contributed by atoms with Gasteiger partial charge in [-0.3, -0.25) is 4.79 Å². The monoisotopic (exact) mass is 412 g/mol. The van der Waals surface area contributed by atoms with Gasteiger partial charge in [-0.15, -0.1) is 0 Å². The maximum absolute atomic E-state index is 13.7. The molecule has 0 aliphatic carbocycles. The topological polar surface area (TPSA) is 33.2 Å². The van der Waals surface area contributed by atoms with Crippen LogP contribution in [0.3, 0.4) is 0 Å². The fourth-order valence-electron chi connectivity index (χ4n) is 4.16. The van der Waals surface area contributed by atoms with Crippen molar-refractivity contribution < 1.29 is 4.79 Å². The van der Waals surface area contributed by atoms with E-state index >= 15 is 0 Å². The molecular formula is C26H21ClN2O. The van der Waals surface area contributed by atoms with E-state index in [0.29, 0.717) is 23.7 Å². The first kappa shape index (κ1) is 18.8. The smallest absolute Gasteiger partial charge is 0.254 e. The van der Waals surface area contributed by atoms with Gasteiger partial charge in [0.25, 0.3) is 5.91 Å². The lowest BCUT2D eigenvalue weighted by Crippen LogP contribution is -2.36. The highest BCUT2D eigenvalue weighted by molar-refractivity contribution is 6.33. The van der Waals surface area contributed by atoms with E-state index in [0.717, 1.165) is 34.1 Å². The molecule has 0 spiro atoms. The summed E-state index contributed by atoms with van der Waals surface area (Å²) in [6, 6.07) is 23.9. The first-order valence-electron chi connectivity index (χ1n) is 10.1. The van der Waals surface area contributed by atoms with E-state index in [1.807, 2.05) is 66.4 Å². The summed E-state index contributed by atoms with van der Waals surface area (Å²) >= 11 is 6.44. The standard InChI is InChI=1S/C26H21ClN2O/c1-17-10-11-24-21(14-17)22(15-25(28-24)20-8-4-5-9-23(20)27)26(30)29-13-12-18-6-2-3-7-19(18)16-29/h2-11,14-15H,12-13,16H2,1H3. The Morgan fingerprint density at radius 3 is 2.57 bits per heavy atom. The van der Waals surface area contributed by atoms with E-state index in [1.165, 1.54) is 11.1 Å². The summed E-state index contributed by atoms with van der Waals surface area (Å²) in [6.07, 6.45) is 0.876. The minimum absolute atomic E-state index is 0.0378. The molecule has 0 radical (unpaired) electrons. The maximum Gasteiger partial charge on any atom is 0.254 e. The highest BCUT2D eigenvalue weighted by Crippen LogP contribution is 2.31. The van der Waals surface area contributed by atoms with Crippen LogP contribution in [0.4, 0.5) is 0 Å². The predicted octanol–water partition coefficient (Wildman–Crippen LogP) is 6.06. The van der Waals surface area contributed by atoms with Crippen LogP contribution in [0.2, 0.25) is 5.02 Å². The van der Waals surface area contributed by atoms with Gasteiger partial charge in [-0.1, -0.05) is 65.7 Å². The Morgan fingerprint density at radius 1 is 0.967 bits per heavy atom. The molecule has 3 aromatic carbocycles. The Bertz CT molecular complexity index is 1280. The zero-order chi connectivity index (χ0) is 20.7. The fourth-order valence-corrected chi connectivity index (χ4v) is 4.40. The number of fused-ring (bicyclic) bond motifs is 2. The van der Waals surface area contributed by atoms with Crippen molar-refractivity contribution in [2.45, 2.75) is 19.9 Å². The zero-order valence-electron chi connectivity index (χ0n) is 16.7. The SMILES string of the molecule is Cc1ccc2nc(-c3ccccc3Cl)cc(C(=O)N3CCc4ccccc4C3)c2c1. The molecule has 0 unspecified atom stereocenters. The predicted molar refractivity (Wildman–Crippen MR) is 122 cm³/mol. The number of pyridine rings is 1. The molecule has 1 aromatic heterocycles. The highest BCUT2D eigenvalue weighted by Gasteiger charge is 2.24. The summed E-state index contributed by atoms with van der Waals surface area (Å²) in [6.45, 7) is 3.38. The van der Waals surface area contributed by atoms with Crippen molar-refractivity contribution in [3.63, 3.8) is 0 Å². The molecule has 5 rings (SSSR count). The molecule has 4 aromatic rings. The second-order valence-electron chi connectivity index (χ2n) is 7.80. The summed E-state index contributed by atoms with van der Waals surface area (Å²) in [4.78, 5) is 20.4. The summed E-state index contributed by atoms with van der Waals surface area (Å²) in [5.74, 6) is 0.0378. The first-order chi connectivity index (χ1) is 14.6. The van der Waals surface area contributed by atoms with Gasteiger partial charge in [-0.2, -0.15) is 0 Å². The third-order valence-electron chi connectivity index (χ3n) is 5.76. The third kappa shape index (κ3) is 3.35. The van der Waals surface area contributed by atoms with Gasteiger partial charge in [-0.05, 0) is 48.7 Å². The normalized spacial score (nSPS) is 13.3. The average molecular weight is 413 g/mol. The second-order valence-corrected chi connectivity index (χ2v) is 8.21. The molecule has 30 heavy (non-hydrogen) atoms. The molecule has 0 atom stereocenters. The Balaban J connectivity index is 1.63. The lowest BCUT2D eigenvalue weighted by atomic mass is 9.97. The zero-order valence-corrected chi connectivity index (χ0v) is 17.5. The van der Waals surface area contributed by atoms with Crippen LogP contribution in [-0.4, -0.2) is 22.3 Å². The molecular weight excluding hydrogens is 392 g/mol. The molecule has 3 nitrogen and oxygen atoms in total. The third-order valence-corrected chi connectivity index (χ3v) is 6.09. The summed E-state index contributed by atoms with van der Waals surface area (Å²) in [5, 5.41) is 1.51. The second kappa shape index (κ2) is 7.58. The molecule has 0 bridgehead atoms. The van der Waals surface area contributed by atoms with E-state index < -0.39 is 0 Å². The number of carbonyl (C=O) groups excluding carboxylic acids is 1. The van der Waals surface area contributed by atoms with Gasteiger partial charge in [-0.25, -0.2) is 4.98 Å². The highest BCUT2D eigenvalue weighted by atomic mass is 35.5. The number of amides is 1. The minimum atomic E-state index is 0.0378. The van der Waals surface area contributed by atoms with Crippen LogP contribution < -0.4 is 0 Å². The van der Waals surface area contributed by atoms with Crippen molar-refractivity contribution in [1.29, 1.82) is 0 Å². The van der Waals surface area contributed by atoms with Crippen LogP contribution >= 0.6 is 11.6 Å². The summed E-state index contributed by atoms with van der Waals surface area (Å²) in [5.41, 5.74) is 6.69. The summed E-state index contributed by atoms with van der Waals surface area (Å²) in [7, 11) is 0. The quantitative estimate of drug-likeness (QED) is 0.400. The lowest BCUT2D eigenvalue weighted by Gasteiger charge is -2.29. The van der Waals surface area contributed by atoms with E-state index in [2.05, 4.69) is 18.2 Å². The van der Waals surface area contributed by atoms with Gasteiger partial charge >= 0.3 is 0 Å². The number of nitrogens with zero attached hydrogens (tertiary/aromatic N) is 2. The van der Waals surface area contributed by atoms with Crippen LogP contribution in [0, 0.1) is 6.92 Å². The van der Waals surface area contributed by atoms with Crippen LogP contribution in [0.15, 0.2) is 72.8 Å². The van der Waals surface area contributed by atoms with Crippen molar-refractivity contribution in [2.24, 2.45) is 0 Å². The molecule has 0 fully saturated rings. The van der Waals surface area contributed by atoms with Crippen molar-refractivity contribution in [3.8, 4) is 11.3 Å². The summed E-state index contributed by atoms with van der Waals surface area (Å²) < 4.78 is 0. The Morgan fingerprint density at radius 2 is 1.73 bits per heavy atom. The van der Waals surface area contributed by atoms with Gasteiger partial charge in [0.1, 0.15) is 0 Å². The largest absolute Gasteiger partial charge is 0.334 e. The number of rotatable bonds is 2. The number of hydrogen-bond acceptors (Lipinski definition) is 2. The number of aryl methyl sites for hydroxylation is 1. The Kier molecular flexibility index (Phi) is 4.76. The maximum atomic E-state index is 13.7. The van der Waals surface area contributed by atoms with Crippen LogP contribution in [0.25, 0.3) is 22.2 Å². The fraction of sp³-hybridized carbons (Fsp3) is 0.154. The molecule has 148 valence electrons. The number of hydrogen-bond donors (Lipinski definition) is 0. The number of halogens is 1. The van der Waals surface area contributed by atoms with E-state index in [-0.39, 0.29) is 5.91 Å². The molecule has 1 amide bonds. The van der Waals surface area contributed by atoms with Crippen molar-refractivity contribution in [1.82, 2.24) is 9.88 Å². The van der Waals surface area contributed by atoms with Gasteiger partial charge < -0.3 is 4.90 Å². The van der Waals surface area contributed by atoms with E-state index in [9.17, 15) is 4.79 Å². The van der Waals surface area contributed by atoms with Crippen LogP contribution in [0.1, 0.15) is 27.0 Å². The molecule has 0 saturated heterocycles. The van der Waals surface area contributed by atoms with Gasteiger partial charge in [0.15, 0.2) is 0 Å². The van der Waals surface area contributed by atoms with Crippen LogP contribution in [-0.2, 0) is 13.0 Å². The molecule has 0 N–H and O–H groups in total. The number of aromatic nitrogens is 1. The van der Waals surface area contributed by atoms with Crippen LogP contribution in [0.5, 0.6) is 0 Å². The average Bonchev–Trinajstić information content (AvgIpc) is 2.78. The molecule has 1 aliphatic rings. The van der Waals surface area contributed by atoms with Gasteiger partial charge in [0, 0.05) is 29.1 Å². The van der Waals surface area contributed by atoms with Gasteiger partial charge in [0.2, 0.25) is 0 Å². The Hall–Kier alpha value is -3.17. The number of benzene rings is 3. The molecule has 2 heterocycles. The van der Waals surface area contributed by atoms with E-state index in [4.69, 9.17) is 16.6 Å². The van der Waals surface area contributed by atoms with Gasteiger partial charge in [0.05, 0.1) is 16.8 Å². The molecule has 0 saturated carbocycles.